The van der Waals surface area contributed by atoms with E-state index >= 15 is 0 Å². The van der Waals surface area contributed by atoms with Crippen LogP contribution in [0.15, 0.2) is 0 Å². The minimum Gasteiger partial charge on any atom is -0.189 e. The number of alkyl halides is 4. The van der Waals surface area contributed by atoms with Crippen molar-refractivity contribution >= 4 is 34.8 Å². The van der Waals surface area contributed by atoms with Gasteiger partial charge in [0, 0.05) is 0 Å². The Hall–Kier alpha value is 0.800. The van der Waals surface area contributed by atoms with Crippen molar-refractivity contribution in [2.24, 2.45) is 0 Å². The minimum absolute atomic E-state index is 2.00. The van der Waals surface area contributed by atoms with Crippen LogP contribution in [-0.2, 0) is 0 Å². The molecule has 0 spiro atoms. The van der Waals surface area contributed by atoms with Gasteiger partial charge in [0.2, 0.25) is 0 Å². The average Bonchev–Trinajstić information content (AvgIpc) is 1.36. The molecule has 0 aromatic heterocycles. The molecule has 0 amide bonds. The molecular weight excluding hydrogens is 161 g/mol. The van der Waals surface area contributed by atoms with Crippen molar-refractivity contribution in [3.05, 3.63) is 0 Å². The van der Waals surface area contributed by atoms with E-state index < -0.39 is 4.05 Å². The van der Waals surface area contributed by atoms with Gasteiger partial charge in [-0.25, -0.2) is 0 Å². The van der Waals surface area contributed by atoms with Crippen LogP contribution in [0.25, 0.3) is 0 Å². The predicted octanol–water partition coefficient (Wildman–Crippen LogP) is 3.31. The molecule has 0 aliphatic carbocycles. The Morgan fingerprint density at radius 2 is 1.14 bits per heavy atom. The molecule has 0 atom stereocenters. The van der Waals surface area contributed by atoms with E-state index in [0.29, 0.717) is 0 Å². The maximum absolute atomic E-state index is 11.0. The summed E-state index contributed by atoms with van der Waals surface area (Å²) in [5.74, 6) is 0. The molecule has 46 valence electrons. The second kappa shape index (κ2) is 4.95. The Morgan fingerprint density at radius 3 is 1.14 bits per heavy atom. The summed E-state index contributed by atoms with van der Waals surface area (Å²) in [5.41, 5.74) is 0. The number of hydrogen-bond acceptors (Lipinski definition) is 0. The van der Waals surface area contributed by atoms with Crippen LogP contribution in [0.3, 0.4) is 0 Å². The highest BCUT2D eigenvalue weighted by Crippen LogP contribution is 2.26. The van der Waals surface area contributed by atoms with Gasteiger partial charge in [0.05, 0.1) is 0 Å². The second-order valence-corrected chi connectivity index (χ2v) is 2.57. The van der Waals surface area contributed by atoms with E-state index in [9.17, 15) is 4.39 Å². The average molecular weight is 167 g/mol. The molecule has 0 saturated carbocycles. The molecule has 0 unspecified atom stereocenters. The van der Waals surface area contributed by atoms with Gasteiger partial charge in [-0.3, -0.25) is 0 Å². The van der Waals surface area contributed by atoms with Crippen LogP contribution in [0.1, 0.15) is 13.8 Å². The molecular formula is C3H6Cl3F. The van der Waals surface area contributed by atoms with Gasteiger partial charge < -0.3 is 0 Å². The van der Waals surface area contributed by atoms with E-state index in [2.05, 4.69) is 34.8 Å². The van der Waals surface area contributed by atoms with E-state index in [0.717, 1.165) is 0 Å². The van der Waals surface area contributed by atoms with Crippen molar-refractivity contribution < 1.29 is 4.39 Å². The molecule has 0 saturated heterocycles. The maximum Gasteiger partial charge on any atom is 0.333 e. The Kier molecular flexibility index (Phi) is 7.58. The van der Waals surface area contributed by atoms with Crippen LogP contribution in [0.5, 0.6) is 0 Å². The first kappa shape index (κ1) is 10.7. The summed E-state index contributed by atoms with van der Waals surface area (Å²) in [6.45, 7) is 4.00. The lowest BCUT2D eigenvalue weighted by Crippen LogP contribution is -1.83. The molecule has 0 fully saturated rings. The second-order valence-electron chi connectivity index (χ2n) is 0.429. The van der Waals surface area contributed by atoms with Gasteiger partial charge in [-0.15, -0.1) is 0 Å². The zero-order valence-electron chi connectivity index (χ0n) is 4.01. The van der Waals surface area contributed by atoms with Crippen LogP contribution in [0.4, 0.5) is 4.39 Å². The number of rotatable bonds is 0. The van der Waals surface area contributed by atoms with Crippen molar-refractivity contribution in [2.45, 2.75) is 17.9 Å². The molecule has 0 aromatic carbocycles. The van der Waals surface area contributed by atoms with E-state index in [1.54, 1.807) is 0 Å². The smallest absolute Gasteiger partial charge is 0.189 e. The van der Waals surface area contributed by atoms with Gasteiger partial charge in [0.25, 0.3) is 0 Å². The standard InChI is InChI=1S/C2H6.CCl3F/c1-2;2-1(3,4)5/h1-2H3;. The fraction of sp³-hybridized carbons (Fsp3) is 1.00. The molecule has 0 heterocycles. The van der Waals surface area contributed by atoms with E-state index in [4.69, 9.17) is 0 Å². The Balaban J connectivity index is 0. The van der Waals surface area contributed by atoms with E-state index in [-0.39, 0.29) is 0 Å². The molecule has 0 aromatic rings. The normalized spacial score (nSPS) is 9.43. The summed E-state index contributed by atoms with van der Waals surface area (Å²) in [5, 5.41) is 0. The fourth-order valence-corrected chi connectivity index (χ4v) is 0. The highest BCUT2D eigenvalue weighted by molar-refractivity contribution is 6.66. The zero-order valence-corrected chi connectivity index (χ0v) is 6.28. The SMILES string of the molecule is CC.FC(Cl)(Cl)Cl. The van der Waals surface area contributed by atoms with Gasteiger partial charge in [-0.1, -0.05) is 13.8 Å². The van der Waals surface area contributed by atoms with E-state index in [1.807, 2.05) is 13.8 Å². The third kappa shape index (κ3) is 245. The lowest BCUT2D eigenvalue weighted by Gasteiger charge is -1.89. The monoisotopic (exact) mass is 166 g/mol. The Morgan fingerprint density at radius 1 is 1.14 bits per heavy atom. The summed E-state index contributed by atoms with van der Waals surface area (Å²) in [4.78, 5) is 0. The number of halogens is 4. The Bertz CT molecular complexity index is 25.7. The third-order valence-corrected chi connectivity index (χ3v) is 0. The third-order valence-electron chi connectivity index (χ3n) is 0. The zero-order chi connectivity index (χ0) is 6.50. The molecule has 0 aliphatic heterocycles. The molecule has 0 rings (SSSR count). The van der Waals surface area contributed by atoms with Crippen LogP contribution >= 0.6 is 34.8 Å². The molecule has 0 aliphatic rings. The molecule has 4 heteroatoms. The van der Waals surface area contributed by atoms with Crippen molar-refractivity contribution in [1.29, 1.82) is 0 Å². The summed E-state index contributed by atoms with van der Waals surface area (Å²) in [6.07, 6.45) is 0. The maximum atomic E-state index is 11.0. The topological polar surface area (TPSA) is 0 Å². The molecule has 0 radical (unpaired) electrons. The van der Waals surface area contributed by atoms with Crippen molar-refractivity contribution in [3.63, 3.8) is 0 Å². The summed E-state index contributed by atoms with van der Waals surface area (Å²) in [6, 6.07) is 0. The van der Waals surface area contributed by atoms with Gasteiger partial charge in [0.15, 0.2) is 0 Å². The highest BCUT2D eigenvalue weighted by atomic mass is 35.6. The highest BCUT2D eigenvalue weighted by Gasteiger charge is 2.14. The van der Waals surface area contributed by atoms with Crippen LogP contribution in [0.2, 0.25) is 0 Å². The van der Waals surface area contributed by atoms with Crippen molar-refractivity contribution in [2.75, 3.05) is 0 Å². The first-order valence-corrected chi connectivity index (χ1v) is 2.89. The molecule has 0 N–H and O–H groups in total. The van der Waals surface area contributed by atoms with Crippen molar-refractivity contribution in [1.82, 2.24) is 0 Å². The first-order valence-electron chi connectivity index (χ1n) is 1.76. The van der Waals surface area contributed by atoms with Crippen molar-refractivity contribution in [3.8, 4) is 0 Å². The molecule has 0 bridgehead atoms. The summed E-state index contributed by atoms with van der Waals surface area (Å²) in [7, 11) is 0. The minimum atomic E-state index is -2.58. The summed E-state index contributed by atoms with van der Waals surface area (Å²) < 4.78 is 8.40. The molecule has 0 nitrogen and oxygen atoms in total. The van der Waals surface area contributed by atoms with Crippen LogP contribution < -0.4 is 0 Å². The van der Waals surface area contributed by atoms with Gasteiger partial charge >= 0.3 is 4.05 Å². The van der Waals surface area contributed by atoms with E-state index in [1.165, 1.54) is 0 Å². The predicted molar refractivity (Wildman–Crippen MR) is 32.7 cm³/mol. The molecule has 7 heavy (non-hydrogen) atoms. The fourth-order valence-electron chi connectivity index (χ4n) is 0. The van der Waals surface area contributed by atoms with Gasteiger partial charge in [-0.05, 0) is 34.8 Å². The van der Waals surface area contributed by atoms with Gasteiger partial charge in [-0.2, -0.15) is 4.39 Å². The quantitative estimate of drug-likeness (QED) is 0.486. The summed E-state index contributed by atoms with van der Waals surface area (Å²) >= 11 is 13.2. The lowest BCUT2D eigenvalue weighted by atomic mass is 11.0. The lowest BCUT2D eigenvalue weighted by molar-refractivity contribution is 0.507. The van der Waals surface area contributed by atoms with Crippen LogP contribution in [-0.4, -0.2) is 4.05 Å². The first-order chi connectivity index (χ1) is 3.00. The van der Waals surface area contributed by atoms with Crippen LogP contribution in [0, 0.1) is 0 Å². The Labute approximate surface area is 57.6 Å². The van der Waals surface area contributed by atoms with Gasteiger partial charge in [0.1, 0.15) is 0 Å². The number of hydrogen-bond donors (Lipinski definition) is 0. The largest absolute Gasteiger partial charge is 0.333 e.